The summed E-state index contributed by atoms with van der Waals surface area (Å²) in [7, 11) is 0. The molecule has 2 aliphatic heterocycles. The van der Waals surface area contributed by atoms with Crippen molar-refractivity contribution in [1.29, 1.82) is 0 Å². The average molecular weight is 398 g/mol. The Kier molecular flexibility index (Phi) is 6.33. The maximum absolute atomic E-state index is 13.2. The van der Waals surface area contributed by atoms with E-state index in [1.165, 1.54) is 32.1 Å². The van der Waals surface area contributed by atoms with Crippen LogP contribution in [0.15, 0.2) is 0 Å². The lowest BCUT2D eigenvalue weighted by atomic mass is 9.82. The molecular formula is C22H39NO5. The summed E-state index contributed by atoms with van der Waals surface area (Å²) in [4.78, 5) is 15.0. The minimum atomic E-state index is -0.771. The van der Waals surface area contributed by atoms with Crippen molar-refractivity contribution in [3.05, 3.63) is 0 Å². The van der Waals surface area contributed by atoms with Gasteiger partial charge in [0.15, 0.2) is 6.29 Å². The van der Waals surface area contributed by atoms with E-state index in [0.717, 1.165) is 12.8 Å². The van der Waals surface area contributed by atoms with Gasteiger partial charge in [-0.25, -0.2) is 4.79 Å². The Morgan fingerprint density at radius 3 is 2.39 bits per heavy atom. The molecule has 2 unspecified atom stereocenters. The van der Waals surface area contributed by atoms with E-state index in [-0.39, 0.29) is 30.3 Å². The van der Waals surface area contributed by atoms with E-state index in [4.69, 9.17) is 14.2 Å². The third kappa shape index (κ3) is 4.82. The summed E-state index contributed by atoms with van der Waals surface area (Å²) in [5, 5.41) is 10.1. The Balaban J connectivity index is 1.85. The van der Waals surface area contributed by atoms with Gasteiger partial charge in [-0.2, -0.15) is 0 Å². The van der Waals surface area contributed by atoms with Gasteiger partial charge in [-0.1, -0.05) is 39.0 Å². The highest BCUT2D eigenvalue weighted by molar-refractivity contribution is 5.70. The van der Waals surface area contributed by atoms with Crippen molar-refractivity contribution in [2.75, 3.05) is 0 Å². The first kappa shape index (κ1) is 21.8. The summed E-state index contributed by atoms with van der Waals surface area (Å²) in [6.07, 6.45) is 6.33. The molecule has 6 nitrogen and oxygen atoms in total. The quantitative estimate of drug-likeness (QED) is 0.762. The first-order valence-corrected chi connectivity index (χ1v) is 11.0. The predicted octanol–water partition coefficient (Wildman–Crippen LogP) is 4.44. The SMILES string of the molecule is C[C@H]1C[C@H](C2OC(C)(C)N(C(=O)OC(C)(C)C)[C@H]2CC2CCCCC2)OC1O. The highest BCUT2D eigenvalue weighted by Crippen LogP contribution is 2.43. The van der Waals surface area contributed by atoms with Crippen molar-refractivity contribution in [3.63, 3.8) is 0 Å². The lowest BCUT2D eigenvalue weighted by molar-refractivity contribution is -0.154. The Bertz CT molecular complexity index is 542. The van der Waals surface area contributed by atoms with Gasteiger partial charge in [0.25, 0.3) is 0 Å². The molecule has 2 heterocycles. The molecule has 28 heavy (non-hydrogen) atoms. The van der Waals surface area contributed by atoms with Gasteiger partial charge in [0.05, 0.1) is 12.1 Å². The minimum Gasteiger partial charge on any atom is -0.444 e. The van der Waals surface area contributed by atoms with Crippen LogP contribution >= 0.6 is 0 Å². The van der Waals surface area contributed by atoms with E-state index in [2.05, 4.69) is 0 Å². The normalized spacial score (nSPS) is 36.7. The van der Waals surface area contributed by atoms with Crippen molar-refractivity contribution in [2.24, 2.45) is 11.8 Å². The highest BCUT2D eigenvalue weighted by Gasteiger charge is 2.55. The summed E-state index contributed by atoms with van der Waals surface area (Å²) < 4.78 is 18.0. The molecule has 0 aromatic rings. The van der Waals surface area contributed by atoms with Crippen LogP contribution in [0, 0.1) is 11.8 Å². The molecule has 0 spiro atoms. The number of amides is 1. The monoisotopic (exact) mass is 397 g/mol. The number of aliphatic hydroxyl groups excluding tert-OH is 1. The molecule has 0 bridgehead atoms. The molecule has 0 aromatic heterocycles. The number of ether oxygens (including phenoxy) is 3. The molecule has 1 saturated carbocycles. The summed E-state index contributed by atoms with van der Waals surface area (Å²) in [6, 6.07) is -0.101. The zero-order valence-electron chi connectivity index (χ0n) is 18.4. The molecule has 1 N–H and O–H groups in total. The van der Waals surface area contributed by atoms with Crippen molar-refractivity contribution >= 4 is 6.09 Å². The number of nitrogens with zero attached hydrogens (tertiary/aromatic N) is 1. The van der Waals surface area contributed by atoms with Crippen LogP contribution in [0.25, 0.3) is 0 Å². The van der Waals surface area contributed by atoms with E-state index >= 15 is 0 Å². The van der Waals surface area contributed by atoms with Crippen LogP contribution in [0.2, 0.25) is 0 Å². The molecule has 5 atom stereocenters. The fourth-order valence-electron chi connectivity index (χ4n) is 5.07. The number of carbonyl (C=O) groups is 1. The van der Waals surface area contributed by atoms with Gasteiger partial charge >= 0.3 is 6.09 Å². The molecule has 6 heteroatoms. The second-order valence-electron chi connectivity index (χ2n) is 10.5. The summed E-state index contributed by atoms with van der Waals surface area (Å²) in [6.45, 7) is 11.5. The average Bonchev–Trinajstić information content (AvgIpc) is 3.03. The Morgan fingerprint density at radius 2 is 1.86 bits per heavy atom. The smallest absolute Gasteiger partial charge is 0.412 e. The van der Waals surface area contributed by atoms with Crippen molar-refractivity contribution in [3.8, 4) is 0 Å². The fraction of sp³-hybridized carbons (Fsp3) is 0.955. The molecular weight excluding hydrogens is 358 g/mol. The first-order chi connectivity index (χ1) is 13.0. The Morgan fingerprint density at radius 1 is 1.21 bits per heavy atom. The second kappa shape index (κ2) is 8.11. The number of aliphatic hydroxyl groups is 1. The van der Waals surface area contributed by atoms with Crippen LogP contribution in [-0.2, 0) is 14.2 Å². The topological polar surface area (TPSA) is 68.2 Å². The van der Waals surface area contributed by atoms with Gasteiger partial charge in [-0.15, -0.1) is 0 Å². The lowest BCUT2D eigenvalue weighted by Gasteiger charge is -2.37. The molecule has 0 aromatic carbocycles. The molecule has 162 valence electrons. The van der Waals surface area contributed by atoms with Crippen molar-refractivity contribution in [1.82, 2.24) is 4.90 Å². The molecule has 3 fully saturated rings. The first-order valence-electron chi connectivity index (χ1n) is 11.0. The molecule has 0 radical (unpaired) electrons. The van der Waals surface area contributed by atoms with Gasteiger partial charge in [0.1, 0.15) is 17.4 Å². The third-order valence-corrected chi connectivity index (χ3v) is 6.38. The number of hydrogen-bond donors (Lipinski definition) is 1. The Labute approximate surface area is 169 Å². The number of rotatable bonds is 3. The van der Waals surface area contributed by atoms with Crippen LogP contribution in [0.1, 0.15) is 86.5 Å². The number of carbonyl (C=O) groups excluding carboxylic acids is 1. The standard InChI is InChI=1S/C22H39NO5/c1-14-12-17(26-19(14)24)18-16(13-15-10-8-7-9-11-15)23(22(5,6)27-18)20(25)28-21(2,3)4/h14-19,24H,7-13H2,1-6H3/t14-,16-,17+,18?,19?/m0/s1. The predicted molar refractivity (Wildman–Crippen MR) is 107 cm³/mol. The molecule has 2 saturated heterocycles. The van der Waals surface area contributed by atoms with Crippen LogP contribution in [-0.4, -0.2) is 52.0 Å². The van der Waals surface area contributed by atoms with Crippen LogP contribution in [0.3, 0.4) is 0 Å². The molecule has 1 amide bonds. The molecule has 3 rings (SSSR count). The van der Waals surface area contributed by atoms with Crippen LogP contribution in [0.4, 0.5) is 4.79 Å². The van der Waals surface area contributed by atoms with Crippen molar-refractivity contribution < 1.29 is 24.1 Å². The van der Waals surface area contributed by atoms with Gasteiger partial charge < -0.3 is 19.3 Å². The highest BCUT2D eigenvalue weighted by atomic mass is 16.6. The zero-order chi connectivity index (χ0) is 20.7. The van der Waals surface area contributed by atoms with Gasteiger partial charge in [0.2, 0.25) is 0 Å². The molecule has 3 aliphatic rings. The van der Waals surface area contributed by atoms with E-state index in [0.29, 0.717) is 5.92 Å². The summed E-state index contributed by atoms with van der Waals surface area (Å²) in [5.41, 5.74) is -1.33. The molecule has 1 aliphatic carbocycles. The number of hydrogen-bond acceptors (Lipinski definition) is 5. The van der Waals surface area contributed by atoms with Crippen LogP contribution < -0.4 is 0 Å². The maximum Gasteiger partial charge on any atom is 0.412 e. The van der Waals surface area contributed by atoms with Gasteiger partial charge in [-0.05, 0) is 53.4 Å². The van der Waals surface area contributed by atoms with Crippen LogP contribution in [0.5, 0.6) is 0 Å². The van der Waals surface area contributed by atoms with E-state index in [1.807, 2.05) is 41.5 Å². The third-order valence-electron chi connectivity index (χ3n) is 6.38. The van der Waals surface area contributed by atoms with Gasteiger partial charge in [0, 0.05) is 5.92 Å². The minimum absolute atomic E-state index is 0.0719. The fourth-order valence-corrected chi connectivity index (χ4v) is 5.07. The van der Waals surface area contributed by atoms with Crippen molar-refractivity contribution in [2.45, 2.75) is 122 Å². The Hall–Kier alpha value is -0.850. The largest absolute Gasteiger partial charge is 0.444 e. The maximum atomic E-state index is 13.2. The van der Waals surface area contributed by atoms with E-state index in [9.17, 15) is 9.90 Å². The lowest BCUT2D eigenvalue weighted by Crippen LogP contribution is -2.51. The van der Waals surface area contributed by atoms with Gasteiger partial charge in [-0.3, -0.25) is 4.90 Å². The van der Waals surface area contributed by atoms with E-state index in [1.54, 1.807) is 4.90 Å². The summed E-state index contributed by atoms with van der Waals surface area (Å²) in [5.74, 6) is 0.662. The zero-order valence-corrected chi connectivity index (χ0v) is 18.4. The second-order valence-corrected chi connectivity index (χ2v) is 10.5. The summed E-state index contributed by atoms with van der Waals surface area (Å²) >= 11 is 0. The van der Waals surface area contributed by atoms with E-state index < -0.39 is 17.6 Å².